The summed E-state index contributed by atoms with van der Waals surface area (Å²) in [7, 11) is 0. The smallest absolute Gasteiger partial charge is 0.226 e. The number of hydrogen-bond acceptors (Lipinski definition) is 2. The van der Waals surface area contributed by atoms with Crippen LogP contribution in [0.5, 0.6) is 0 Å². The fraction of sp³-hybridized carbons (Fsp3) is 0.353. The Labute approximate surface area is 119 Å². The molecule has 20 heavy (non-hydrogen) atoms. The van der Waals surface area contributed by atoms with Gasteiger partial charge in [-0.2, -0.15) is 0 Å². The first-order valence-corrected chi connectivity index (χ1v) is 7.18. The molecule has 1 aromatic carbocycles. The van der Waals surface area contributed by atoms with Crippen LogP contribution in [-0.2, 0) is 17.9 Å². The van der Waals surface area contributed by atoms with Gasteiger partial charge in [0.05, 0.1) is 12.8 Å². The number of rotatable bonds is 5. The van der Waals surface area contributed by atoms with E-state index in [1.165, 1.54) is 6.42 Å². The van der Waals surface area contributed by atoms with Crippen molar-refractivity contribution in [2.24, 2.45) is 5.92 Å². The Hall–Kier alpha value is -2.03. The van der Waals surface area contributed by atoms with Crippen LogP contribution in [0.3, 0.4) is 0 Å². The molecule has 3 nitrogen and oxygen atoms in total. The Morgan fingerprint density at radius 1 is 1.10 bits per heavy atom. The molecule has 0 saturated heterocycles. The van der Waals surface area contributed by atoms with Crippen molar-refractivity contribution < 1.29 is 9.21 Å². The number of furan rings is 1. The fourth-order valence-corrected chi connectivity index (χ4v) is 2.52. The minimum atomic E-state index is 0.216. The van der Waals surface area contributed by atoms with Crippen LogP contribution in [0.4, 0.5) is 0 Å². The second-order valence-electron chi connectivity index (χ2n) is 5.39. The molecule has 1 aliphatic rings. The molecule has 0 N–H and O–H groups in total. The van der Waals surface area contributed by atoms with E-state index in [0.29, 0.717) is 13.1 Å². The molecule has 3 rings (SSSR count). The Morgan fingerprint density at radius 2 is 1.90 bits per heavy atom. The molecule has 1 fully saturated rings. The van der Waals surface area contributed by atoms with Gasteiger partial charge in [-0.15, -0.1) is 0 Å². The lowest BCUT2D eigenvalue weighted by Gasteiger charge is -2.31. The molecule has 3 heteroatoms. The van der Waals surface area contributed by atoms with Crippen molar-refractivity contribution in [1.82, 2.24) is 4.90 Å². The second kappa shape index (κ2) is 5.95. The molecule has 1 saturated carbocycles. The molecule has 0 spiro atoms. The first kappa shape index (κ1) is 13.0. The van der Waals surface area contributed by atoms with Crippen LogP contribution >= 0.6 is 0 Å². The lowest BCUT2D eigenvalue weighted by molar-refractivity contribution is -0.139. The van der Waals surface area contributed by atoms with Crippen LogP contribution in [0, 0.1) is 5.92 Å². The molecular formula is C17H19NO2. The maximum Gasteiger partial charge on any atom is 0.226 e. The molecule has 1 aliphatic carbocycles. The summed E-state index contributed by atoms with van der Waals surface area (Å²) in [6.07, 6.45) is 4.89. The van der Waals surface area contributed by atoms with E-state index in [9.17, 15) is 4.79 Å². The minimum absolute atomic E-state index is 0.216. The Kier molecular flexibility index (Phi) is 3.86. The lowest BCUT2D eigenvalue weighted by atomic mass is 9.84. The number of hydrogen-bond donors (Lipinski definition) is 0. The summed E-state index contributed by atoms with van der Waals surface area (Å²) < 4.78 is 5.39. The van der Waals surface area contributed by atoms with Crippen molar-refractivity contribution >= 4 is 5.91 Å². The molecule has 104 valence electrons. The highest BCUT2D eigenvalue weighted by molar-refractivity contribution is 5.79. The van der Waals surface area contributed by atoms with E-state index in [0.717, 1.165) is 24.2 Å². The third kappa shape index (κ3) is 2.93. The average Bonchev–Trinajstić information content (AvgIpc) is 2.90. The predicted octanol–water partition coefficient (Wildman–Crippen LogP) is 3.61. The Balaban J connectivity index is 1.73. The van der Waals surface area contributed by atoms with Gasteiger partial charge in [0.2, 0.25) is 5.91 Å². The van der Waals surface area contributed by atoms with Crippen LogP contribution in [0.2, 0.25) is 0 Å². The highest BCUT2D eigenvalue weighted by Gasteiger charge is 2.29. The van der Waals surface area contributed by atoms with E-state index < -0.39 is 0 Å². The van der Waals surface area contributed by atoms with E-state index in [2.05, 4.69) is 12.1 Å². The molecule has 0 atom stereocenters. The van der Waals surface area contributed by atoms with Crippen LogP contribution in [0.25, 0.3) is 0 Å². The van der Waals surface area contributed by atoms with Gasteiger partial charge in [-0.3, -0.25) is 4.79 Å². The topological polar surface area (TPSA) is 33.5 Å². The molecule has 0 radical (unpaired) electrons. The van der Waals surface area contributed by atoms with Crippen molar-refractivity contribution in [3.8, 4) is 0 Å². The Morgan fingerprint density at radius 3 is 2.50 bits per heavy atom. The number of amides is 1. The van der Waals surface area contributed by atoms with Crippen LogP contribution in [-0.4, -0.2) is 10.8 Å². The van der Waals surface area contributed by atoms with Gasteiger partial charge < -0.3 is 9.32 Å². The summed E-state index contributed by atoms with van der Waals surface area (Å²) in [4.78, 5) is 14.5. The highest BCUT2D eigenvalue weighted by Crippen LogP contribution is 2.29. The zero-order valence-electron chi connectivity index (χ0n) is 11.5. The lowest BCUT2D eigenvalue weighted by Crippen LogP contribution is -2.38. The zero-order valence-corrected chi connectivity index (χ0v) is 11.5. The molecule has 0 unspecified atom stereocenters. The highest BCUT2D eigenvalue weighted by atomic mass is 16.3. The van der Waals surface area contributed by atoms with Gasteiger partial charge >= 0.3 is 0 Å². The van der Waals surface area contributed by atoms with Gasteiger partial charge in [-0.1, -0.05) is 36.8 Å². The number of carbonyl (C=O) groups is 1. The maximum absolute atomic E-state index is 12.5. The van der Waals surface area contributed by atoms with Crippen molar-refractivity contribution in [3.63, 3.8) is 0 Å². The fourth-order valence-electron chi connectivity index (χ4n) is 2.52. The molecular weight excluding hydrogens is 250 g/mol. The minimum Gasteiger partial charge on any atom is -0.467 e. The monoisotopic (exact) mass is 269 g/mol. The van der Waals surface area contributed by atoms with Gasteiger partial charge in [0, 0.05) is 12.5 Å². The quantitative estimate of drug-likeness (QED) is 0.830. The van der Waals surface area contributed by atoms with E-state index in [4.69, 9.17) is 4.42 Å². The SMILES string of the molecule is O=C(C1CCC1)N(Cc1ccccc1)Cc1ccco1. The summed E-state index contributed by atoms with van der Waals surface area (Å²) in [6, 6.07) is 13.9. The Bertz CT molecular complexity index is 544. The molecule has 1 amide bonds. The van der Waals surface area contributed by atoms with Gasteiger partial charge in [-0.25, -0.2) is 0 Å². The van der Waals surface area contributed by atoms with Gasteiger partial charge in [0.25, 0.3) is 0 Å². The van der Waals surface area contributed by atoms with Crippen molar-refractivity contribution in [3.05, 3.63) is 60.1 Å². The van der Waals surface area contributed by atoms with E-state index in [-0.39, 0.29) is 11.8 Å². The first-order chi connectivity index (χ1) is 9.83. The van der Waals surface area contributed by atoms with Crippen molar-refractivity contribution in [1.29, 1.82) is 0 Å². The molecule has 0 aliphatic heterocycles. The largest absolute Gasteiger partial charge is 0.467 e. The summed E-state index contributed by atoms with van der Waals surface area (Å²) >= 11 is 0. The molecule has 1 heterocycles. The maximum atomic E-state index is 12.5. The van der Waals surface area contributed by atoms with E-state index >= 15 is 0 Å². The summed E-state index contributed by atoms with van der Waals surface area (Å²) in [5.41, 5.74) is 1.16. The van der Waals surface area contributed by atoms with E-state index in [1.807, 2.05) is 35.2 Å². The van der Waals surface area contributed by atoms with Crippen molar-refractivity contribution in [2.75, 3.05) is 0 Å². The second-order valence-corrected chi connectivity index (χ2v) is 5.39. The summed E-state index contributed by atoms with van der Waals surface area (Å²) in [5, 5.41) is 0. The van der Waals surface area contributed by atoms with Gasteiger partial charge in [0.15, 0.2) is 0 Å². The predicted molar refractivity (Wildman–Crippen MR) is 76.7 cm³/mol. The zero-order chi connectivity index (χ0) is 13.8. The van der Waals surface area contributed by atoms with Crippen molar-refractivity contribution in [2.45, 2.75) is 32.4 Å². The third-order valence-electron chi connectivity index (χ3n) is 3.91. The van der Waals surface area contributed by atoms with Gasteiger partial charge in [0.1, 0.15) is 5.76 Å². The van der Waals surface area contributed by atoms with Crippen LogP contribution in [0.1, 0.15) is 30.6 Å². The average molecular weight is 269 g/mol. The summed E-state index contributed by atoms with van der Waals surface area (Å²) in [5.74, 6) is 1.32. The third-order valence-corrected chi connectivity index (χ3v) is 3.91. The molecule has 0 bridgehead atoms. The van der Waals surface area contributed by atoms with Gasteiger partial charge in [-0.05, 0) is 30.5 Å². The molecule has 1 aromatic heterocycles. The van der Waals surface area contributed by atoms with Crippen LogP contribution in [0.15, 0.2) is 53.1 Å². The van der Waals surface area contributed by atoms with Crippen LogP contribution < -0.4 is 0 Å². The standard InChI is InChI=1S/C17H19NO2/c19-17(15-8-4-9-15)18(13-16-10-5-11-20-16)12-14-6-2-1-3-7-14/h1-3,5-7,10-11,15H,4,8-9,12-13H2. The number of benzene rings is 1. The normalized spacial score (nSPS) is 14.8. The molecule has 2 aromatic rings. The van der Waals surface area contributed by atoms with E-state index in [1.54, 1.807) is 6.26 Å². The number of nitrogens with zero attached hydrogens (tertiary/aromatic N) is 1. The number of carbonyl (C=O) groups excluding carboxylic acids is 1. The summed E-state index contributed by atoms with van der Waals surface area (Å²) in [6.45, 7) is 1.20. The first-order valence-electron chi connectivity index (χ1n) is 7.18.